The Morgan fingerprint density at radius 1 is 1.08 bits per heavy atom. The fraction of sp³-hybridized carbons (Fsp3) is 0.762. The number of carbonyl (C=O) groups excluding carboxylic acids is 1. The van der Waals surface area contributed by atoms with Crippen molar-refractivity contribution in [2.24, 2.45) is 0 Å². The van der Waals surface area contributed by atoms with Crippen molar-refractivity contribution in [2.45, 2.75) is 36.6 Å². The highest BCUT2D eigenvalue weighted by Crippen LogP contribution is 2.34. The van der Waals surface area contributed by atoms with E-state index in [9.17, 15) is 31.6 Å². The molecule has 2 saturated heterocycles. The number of ether oxygens (including phenoxy) is 2. The Morgan fingerprint density at radius 2 is 1.67 bits per heavy atom. The highest BCUT2D eigenvalue weighted by molar-refractivity contribution is 7.91. The lowest BCUT2D eigenvalue weighted by molar-refractivity contribution is -0.136. The molecule has 0 unspecified atom stereocenters. The molecule has 0 atom stereocenters. The van der Waals surface area contributed by atoms with E-state index in [4.69, 9.17) is 9.47 Å². The summed E-state index contributed by atoms with van der Waals surface area (Å²) < 4.78 is 73.7. The summed E-state index contributed by atoms with van der Waals surface area (Å²) in [4.78, 5) is 24.8. The number of sulfonamides is 1. The van der Waals surface area contributed by atoms with Crippen LogP contribution in [0.25, 0.3) is 0 Å². The first-order valence-corrected chi connectivity index (χ1v) is 13.4. The summed E-state index contributed by atoms with van der Waals surface area (Å²) >= 11 is 0. The number of alkyl halides is 3. The molecule has 0 aromatic carbocycles. The fourth-order valence-corrected chi connectivity index (χ4v) is 6.56. The Hall–Kier alpha value is -1.69. The SMILES string of the molecule is COCCN1CCC(C(=O)NO)(S(=O)(=O)N2CCN(c3ncc(OCCCC(F)(F)F)cn3)CC2)CC1.Cl.Cl. The number of hydrogen-bond acceptors (Lipinski definition) is 10. The quantitative estimate of drug-likeness (QED) is 0.211. The number of anilines is 1. The van der Waals surface area contributed by atoms with Crippen molar-refractivity contribution in [3.63, 3.8) is 0 Å². The number of hydrogen-bond donors (Lipinski definition) is 2. The van der Waals surface area contributed by atoms with Gasteiger partial charge in [-0.15, -0.1) is 24.8 Å². The molecule has 0 radical (unpaired) electrons. The second-order valence-electron chi connectivity index (χ2n) is 8.95. The molecular formula is C21H35Cl2F3N6O6S. The normalized spacial score (nSPS) is 18.5. The van der Waals surface area contributed by atoms with Crippen LogP contribution in [0.2, 0.25) is 0 Å². The molecule has 1 aromatic rings. The van der Waals surface area contributed by atoms with Crippen molar-refractivity contribution in [2.75, 3.05) is 71.0 Å². The summed E-state index contributed by atoms with van der Waals surface area (Å²) in [6.07, 6.45) is -2.55. The number of halogens is 5. The van der Waals surface area contributed by atoms with E-state index in [0.717, 1.165) is 0 Å². The molecule has 12 nitrogen and oxygen atoms in total. The fourth-order valence-electron chi connectivity index (χ4n) is 4.45. The first kappa shape index (κ1) is 35.3. The second kappa shape index (κ2) is 15.3. The summed E-state index contributed by atoms with van der Waals surface area (Å²) in [5.74, 6) is -0.370. The van der Waals surface area contributed by atoms with Gasteiger partial charge in [-0.25, -0.2) is 23.9 Å². The summed E-state index contributed by atoms with van der Waals surface area (Å²) in [5.41, 5.74) is 1.56. The van der Waals surface area contributed by atoms with E-state index in [1.54, 1.807) is 17.5 Å². The molecule has 0 bridgehead atoms. The monoisotopic (exact) mass is 626 g/mol. The number of piperidine rings is 1. The molecule has 1 amide bonds. The van der Waals surface area contributed by atoms with Crippen LogP contribution in [0.3, 0.4) is 0 Å². The van der Waals surface area contributed by atoms with Crippen LogP contribution in [0.15, 0.2) is 12.4 Å². The smallest absolute Gasteiger partial charge is 0.389 e. The minimum absolute atomic E-state index is 0. The molecule has 2 aliphatic rings. The van der Waals surface area contributed by atoms with Crippen molar-refractivity contribution in [1.29, 1.82) is 0 Å². The Labute approximate surface area is 238 Å². The molecular weight excluding hydrogens is 592 g/mol. The van der Waals surface area contributed by atoms with Gasteiger partial charge >= 0.3 is 6.18 Å². The Kier molecular flexibility index (Phi) is 13.9. The summed E-state index contributed by atoms with van der Waals surface area (Å²) in [6, 6.07) is 0. The number of hydroxylamine groups is 1. The lowest BCUT2D eigenvalue weighted by Gasteiger charge is -2.43. The Bertz CT molecular complexity index is 993. The molecule has 0 spiro atoms. The number of nitrogens with one attached hydrogen (secondary N) is 1. The lowest BCUT2D eigenvalue weighted by atomic mass is 9.95. The van der Waals surface area contributed by atoms with Crippen LogP contribution < -0.4 is 15.1 Å². The standard InChI is InChI=1S/C21H33F3N6O6S.2ClH/c1-35-14-12-28-6-4-20(5-7-28,18(31)27-32)37(33,34)30-10-8-29(9-11-30)19-25-15-17(16-26-19)36-13-2-3-21(22,23)24;;/h15-16,32H,2-14H2,1H3,(H,27,31);2*1H. The Morgan fingerprint density at radius 3 is 2.18 bits per heavy atom. The van der Waals surface area contributed by atoms with E-state index in [2.05, 4.69) is 9.97 Å². The van der Waals surface area contributed by atoms with Crippen LogP contribution in [0.4, 0.5) is 19.1 Å². The van der Waals surface area contributed by atoms with E-state index < -0.39 is 33.3 Å². The second-order valence-corrected chi connectivity index (χ2v) is 11.2. The van der Waals surface area contributed by atoms with Gasteiger partial charge in [0.2, 0.25) is 16.0 Å². The molecule has 18 heteroatoms. The van der Waals surface area contributed by atoms with E-state index in [1.165, 1.54) is 16.7 Å². The van der Waals surface area contributed by atoms with Crippen LogP contribution in [0.5, 0.6) is 5.75 Å². The van der Waals surface area contributed by atoms with Crippen LogP contribution in [0.1, 0.15) is 25.7 Å². The first-order valence-electron chi connectivity index (χ1n) is 11.9. The molecule has 0 saturated carbocycles. The van der Waals surface area contributed by atoms with Gasteiger partial charge in [0.25, 0.3) is 5.91 Å². The van der Waals surface area contributed by atoms with Crippen molar-refractivity contribution in [1.82, 2.24) is 24.7 Å². The molecule has 2 N–H and O–H groups in total. The van der Waals surface area contributed by atoms with Gasteiger partial charge in [-0.1, -0.05) is 0 Å². The van der Waals surface area contributed by atoms with Gasteiger partial charge in [0.05, 0.1) is 25.6 Å². The van der Waals surface area contributed by atoms with Gasteiger partial charge in [-0.2, -0.15) is 17.5 Å². The predicted molar refractivity (Wildman–Crippen MR) is 140 cm³/mol. The number of methoxy groups -OCH3 is 1. The lowest BCUT2D eigenvalue weighted by Crippen LogP contribution is -2.63. The third-order valence-corrected chi connectivity index (χ3v) is 9.26. The largest absolute Gasteiger partial charge is 0.490 e. The van der Waals surface area contributed by atoms with Crippen LogP contribution >= 0.6 is 24.8 Å². The van der Waals surface area contributed by atoms with E-state index in [0.29, 0.717) is 32.2 Å². The molecule has 3 rings (SSSR count). The molecule has 0 aliphatic carbocycles. The van der Waals surface area contributed by atoms with Crippen molar-refractivity contribution >= 4 is 46.7 Å². The summed E-state index contributed by atoms with van der Waals surface area (Å²) in [6.45, 7) is 2.44. The zero-order chi connectivity index (χ0) is 27.1. The maximum atomic E-state index is 13.6. The van der Waals surface area contributed by atoms with Crippen LogP contribution in [-0.2, 0) is 19.6 Å². The number of amides is 1. The third kappa shape index (κ3) is 8.90. The van der Waals surface area contributed by atoms with E-state index in [1.807, 2.05) is 4.90 Å². The Balaban J connectivity index is 0.00000380. The molecule has 3 heterocycles. The van der Waals surface area contributed by atoms with Gasteiger partial charge in [0, 0.05) is 59.3 Å². The topological polar surface area (TPSA) is 137 Å². The van der Waals surface area contributed by atoms with Gasteiger partial charge < -0.3 is 19.3 Å². The number of likely N-dealkylation sites (tertiary alicyclic amines) is 1. The molecule has 2 aliphatic heterocycles. The van der Waals surface area contributed by atoms with E-state index in [-0.39, 0.29) is 82.6 Å². The maximum Gasteiger partial charge on any atom is 0.389 e. The van der Waals surface area contributed by atoms with Gasteiger partial charge in [0.1, 0.15) is 0 Å². The van der Waals surface area contributed by atoms with Crippen molar-refractivity contribution in [3.8, 4) is 5.75 Å². The minimum Gasteiger partial charge on any atom is -0.490 e. The third-order valence-electron chi connectivity index (χ3n) is 6.63. The first-order chi connectivity index (χ1) is 17.5. The average Bonchev–Trinajstić information content (AvgIpc) is 2.89. The molecule has 2 fully saturated rings. The summed E-state index contributed by atoms with van der Waals surface area (Å²) in [7, 11) is -2.52. The average molecular weight is 628 g/mol. The molecule has 226 valence electrons. The predicted octanol–water partition coefficient (Wildman–Crippen LogP) is 1.48. The zero-order valence-corrected chi connectivity index (χ0v) is 23.9. The number of rotatable bonds is 11. The van der Waals surface area contributed by atoms with Crippen LogP contribution in [0, 0.1) is 0 Å². The zero-order valence-electron chi connectivity index (χ0n) is 21.4. The van der Waals surface area contributed by atoms with Gasteiger partial charge in [-0.05, 0) is 19.3 Å². The molecule has 39 heavy (non-hydrogen) atoms. The van der Waals surface area contributed by atoms with E-state index >= 15 is 0 Å². The van der Waals surface area contributed by atoms with Crippen LogP contribution in [-0.4, -0.2) is 116 Å². The number of carbonyl (C=O) groups is 1. The highest BCUT2D eigenvalue weighted by atomic mass is 35.5. The molecule has 1 aromatic heterocycles. The van der Waals surface area contributed by atoms with Gasteiger partial charge in [-0.3, -0.25) is 10.0 Å². The highest BCUT2D eigenvalue weighted by Gasteiger charge is 2.55. The minimum atomic E-state index is -4.23. The van der Waals surface area contributed by atoms with Gasteiger partial charge in [0.15, 0.2) is 10.5 Å². The van der Waals surface area contributed by atoms with Crippen molar-refractivity contribution in [3.05, 3.63) is 12.4 Å². The van der Waals surface area contributed by atoms with Crippen molar-refractivity contribution < 1.29 is 41.1 Å². The maximum absolute atomic E-state index is 13.6. The summed E-state index contributed by atoms with van der Waals surface area (Å²) in [5, 5.41) is 9.34. The number of piperazine rings is 1. The number of nitrogens with zero attached hydrogens (tertiary/aromatic N) is 5. The number of aromatic nitrogens is 2.